The molecule has 0 aliphatic rings. The maximum Gasteiger partial charge on any atom is 0.292 e. The van der Waals surface area contributed by atoms with E-state index in [4.69, 9.17) is 4.42 Å². The van der Waals surface area contributed by atoms with E-state index in [1.165, 1.54) is 5.56 Å². The summed E-state index contributed by atoms with van der Waals surface area (Å²) >= 11 is 0. The van der Waals surface area contributed by atoms with E-state index >= 15 is 0 Å². The first-order valence-electron chi connectivity index (χ1n) is 9.15. The number of carbonyl (C=O) groups excluding carboxylic acids is 1. The van der Waals surface area contributed by atoms with Crippen molar-refractivity contribution < 1.29 is 9.21 Å². The molecule has 0 fully saturated rings. The average molecular weight is 368 g/mol. The van der Waals surface area contributed by atoms with Gasteiger partial charge in [0.1, 0.15) is 11.6 Å². The number of nitrogens with zero attached hydrogens (tertiary/aromatic N) is 1. The zero-order valence-electron chi connectivity index (χ0n) is 15.6. The first-order chi connectivity index (χ1) is 13.7. The van der Waals surface area contributed by atoms with E-state index in [0.29, 0.717) is 18.0 Å². The number of pyridine rings is 1. The van der Waals surface area contributed by atoms with Gasteiger partial charge in [-0.15, -0.1) is 0 Å². The minimum Gasteiger partial charge on any atom is -0.451 e. The summed E-state index contributed by atoms with van der Waals surface area (Å²) in [7, 11) is 0. The quantitative estimate of drug-likeness (QED) is 0.506. The second-order valence-corrected chi connectivity index (χ2v) is 6.66. The minimum absolute atomic E-state index is 0.256. The fraction of sp³-hybridized carbons (Fsp3) is 0.0833. The fourth-order valence-electron chi connectivity index (χ4n) is 3.04. The van der Waals surface area contributed by atoms with Crippen molar-refractivity contribution in [2.75, 3.05) is 5.32 Å². The van der Waals surface area contributed by atoms with Crippen LogP contribution >= 0.6 is 0 Å². The van der Waals surface area contributed by atoms with Crippen molar-refractivity contribution in [2.45, 2.75) is 13.3 Å². The van der Waals surface area contributed by atoms with Gasteiger partial charge in [0.05, 0.1) is 0 Å². The standard InChI is InChI=1S/C24H20N2O2/c1-17-7-5-10-19(15-17)21-13-14-22(28-21)24(27)26-23-12-6-11-20(25-23)16-18-8-3-2-4-9-18/h2-15H,16H2,1H3,(H,25,26,27). The van der Waals surface area contributed by atoms with Crippen LogP contribution in [-0.2, 0) is 6.42 Å². The van der Waals surface area contributed by atoms with Crippen molar-refractivity contribution in [3.05, 3.63) is 108 Å². The SMILES string of the molecule is Cc1cccc(-c2ccc(C(=O)Nc3cccc(Cc4ccccc4)n3)o2)c1. The molecule has 138 valence electrons. The molecule has 0 unspecified atom stereocenters. The smallest absolute Gasteiger partial charge is 0.292 e. The molecule has 0 bridgehead atoms. The summed E-state index contributed by atoms with van der Waals surface area (Å²) in [5, 5.41) is 2.82. The molecule has 0 saturated heterocycles. The van der Waals surface area contributed by atoms with E-state index in [0.717, 1.165) is 16.8 Å². The molecule has 0 atom stereocenters. The van der Waals surface area contributed by atoms with Gasteiger partial charge in [0.15, 0.2) is 5.76 Å². The summed E-state index contributed by atoms with van der Waals surface area (Å²) in [6.45, 7) is 2.02. The normalized spacial score (nSPS) is 10.6. The summed E-state index contributed by atoms with van der Waals surface area (Å²) in [5.41, 5.74) is 4.15. The van der Waals surface area contributed by atoms with Crippen LogP contribution in [0.3, 0.4) is 0 Å². The van der Waals surface area contributed by atoms with Gasteiger partial charge in [0, 0.05) is 17.7 Å². The Morgan fingerprint density at radius 2 is 1.75 bits per heavy atom. The molecule has 0 radical (unpaired) electrons. The number of hydrogen-bond acceptors (Lipinski definition) is 3. The average Bonchev–Trinajstić information content (AvgIpc) is 3.20. The van der Waals surface area contributed by atoms with E-state index < -0.39 is 0 Å². The van der Waals surface area contributed by atoms with E-state index in [1.807, 2.05) is 67.6 Å². The van der Waals surface area contributed by atoms with Crippen LogP contribution in [0.2, 0.25) is 0 Å². The van der Waals surface area contributed by atoms with Gasteiger partial charge in [-0.2, -0.15) is 0 Å². The molecule has 1 N–H and O–H groups in total. The molecule has 0 spiro atoms. The van der Waals surface area contributed by atoms with Crippen LogP contribution in [-0.4, -0.2) is 10.9 Å². The van der Waals surface area contributed by atoms with Gasteiger partial charge in [-0.05, 0) is 42.8 Å². The van der Waals surface area contributed by atoms with E-state index in [9.17, 15) is 4.79 Å². The molecule has 0 aliphatic carbocycles. The molecule has 0 saturated carbocycles. The van der Waals surface area contributed by atoms with Crippen LogP contribution in [0.5, 0.6) is 0 Å². The summed E-state index contributed by atoms with van der Waals surface area (Å²) in [5.74, 6) is 1.11. The molecule has 0 aliphatic heterocycles. The largest absolute Gasteiger partial charge is 0.451 e. The Morgan fingerprint density at radius 1 is 0.929 bits per heavy atom. The lowest BCUT2D eigenvalue weighted by Gasteiger charge is -2.06. The number of aryl methyl sites for hydroxylation is 1. The molecule has 4 heteroatoms. The molecule has 2 aromatic heterocycles. The monoisotopic (exact) mass is 368 g/mol. The molecule has 4 rings (SSSR count). The lowest BCUT2D eigenvalue weighted by Crippen LogP contribution is -2.12. The Labute approximate surface area is 163 Å². The van der Waals surface area contributed by atoms with Crippen molar-refractivity contribution in [3.8, 4) is 11.3 Å². The van der Waals surface area contributed by atoms with Crippen molar-refractivity contribution in [1.29, 1.82) is 0 Å². The Bertz CT molecular complexity index is 1100. The highest BCUT2D eigenvalue weighted by molar-refractivity contribution is 6.02. The third-order valence-electron chi connectivity index (χ3n) is 4.41. The zero-order chi connectivity index (χ0) is 19.3. The molecular weight excluding hydrogens is 348 g/mol. The number of benzene rings is 2. The van der Waals surface area contributed by atoms with Gasteiger partial charge < -0.3 is 9.73 Å². The second-order valence-electron chi connectivity index (χ2n) is 6.66. The van der Waals surface area contributed by atoms with Gasteiger partial charge in [-0.1, -0.05) is 60.2 Å². The molecule has 2 heterocycles. The third-order valence-corrected chi connectivity index (χ3v) is 4.41. The van der Waals surface area contributed by atoms with Crippen molar-refractivity contribution in [3.63, 3.8) is 0 Å². The van der Waals surface area contributed by atoms with Gasteiger partial charge in [-0.25, -0.2) is 4.98 Å². The van der Waals surface area contributed by atoms with E-state index in [-0.39, 0.29) is 11.7 Å². The maximum atomic E-state index is 12.6. The Hall–Kier alpha value is -3.66. The topological polar surface area (TPSA) is 55.1 Å². The molecule has 2 aromatic carbocycles. The summed E-state index contributed by atoms with van der Waals surface area (Å²) in [4.78, 5) is 17.1. The molecule has 4 aromatic rings. The number of amides is 1. The van der Waals surface area contributed by atoms with Crippen molar-refractivity contribution in [2.24, 2.45) is 0 Å². The van der Waals surface area contributed by atoms with Gasteiger partial charge in [0.25, 0.3) is 5.91 Å². The Morgan fingerprint density at radius 3 is 2.57 bits per heavy atom. The van der Waals surface area contributed by atoms with Crippen molar-refractivity contribution in [1.82, 2.24) is 4.98 Å². The minimum atomic E-state index is -0.316. The van der Waals surface area contributed by atoms with Crippen LogP contribution in [0, 0.1) is 6.92 Å². The molecule has 28 heavy (non-hydrogen) atoms. The van der Waals surface area contributed by atoms with Gasteiger partial charge in [0.2, 0.25) is 0 Å². The highest BCUT2D eigenvalue weighted by Gasteiger charge is 2.13. The lowest BCUT2D eigenvalue weighted by molar-refractivity contribution is 0.0997. The molecular formula is C24H20N2O2. The van der Waals surface area contributed by atoms with E-state index in [1.54, 1.807) is 12.1 Å². The van der Waals surface area contributed by atoms with Crippen LogP contribution in [0.4, 0.5) is 5.82 Å². The first kappa shape index (κ1) is 17.7. The number of anilines is 1. The number of carbonyl (C=O) groups is 1. The summed E-state index contributed by atoms with van der Waals surface area (Å²) in [6.07, 6.45) is 0.711. The van der Waals surface area contributed by atoms with Crippen LogP contribution in [0.15, 0.2) is 89.3 Å². The zero-order valence-corrected chi connectivity index (χ0v) is 15.6. The highest BCUT2D eigenvalue weighted by Crippen LogP contribution is 2.23. The number of rotatable bonds is 5. The summed E-state index contributed by atoms with van der Waals surface area (Å²) < 4.78 is 5.74. The second kappa shape index (κ2) is 7.92. The van der Waals surface area contributed by atoms with E-state index in [2.05, 4.69) is 22.4 Å². The number of hydrogen-bond donors (Lipinski definition) is 1. The Balaban J connectivity index is 1.47. The van der Waals surface area contributed by atoms with Gasteiger partial charge in [-0.3, -0.25) is 4.79 Å². The lowest BCUT2D eigenvalue weighted by atomic mass is 10.1. The molecule has 4 nitrogen and oxygen atoms in total. The maximum absolute atomic E-state index is 12.6. The molecule has 1 amide bonds. The number of furan rings is 1. The van der Waals surface area contributed by atoms with Crippen molar-refractivity contribution >= 4 is 11.7 Å². The van der Waals surface area contributed by atoms with Gasteiger partial charge >= 0.3 is 0 Å². The Kier molecular flexibility index (Phi) is 5.02. The highest BCUT2D eigenvalue weighted by atomic mass is 16.3. The first-order valence-corrected chi connectivity index (χ1v) is 9.15. The van der Waals surface area contributed by atoms with Crippen LogP contribution in [0.25, 0.3) is 11.3 Å². The predicted octanol–water partition coefficient (Wildman–Crippen LogP) is 5.49. The fourth-order valence-corrected chi connectivity index (χ4v) is 3.04. The predicted molar refractivity (Wildman–Crippen MR) is 110 cm³/mol. The third kappa shape index (κ3) is 4.18. The number of aromatic nitrogens is 1. The number of nitrogens with one attached hydrogen (secondary N) is 1. The van der Waals surface area contributed by atoms with Crippen LogP contribution < -0.4 is 5.32 Å². The van der Waals surface area contributed by atoms with Crippen LogP contribution in [0.1, 0.15) is 27.4 Å². The summed E-state index contributed by atoms with van der Waals surface area (Å²) in [6, 6.07) is 27.2.